The second-order valence-corrected chi connectivity index (χ2v) is 8.14. The van der Waals surface area contributed by atoms with E-state index in [1.165, 1.54) is 17.0 Å². The largest absolute Gasteiger partial charge is 0.359 e. The number of sulfonamides is 1. The number of rotatable bonds is 4. The van der Waals surface area contributed by atoms with Gasteiger partial charge in [0.15, 0.2) is 0 Å². The van der Waals surface area contributed by atoms with Crippen molar-refractivity contribution in [1.29, 1.82) is 0 Å². The number of halogens is 1. The first-order chi connectivity index (χ1) is 11.5. The van der Waals surface area contributed by atoms with Crippen LogP contribution in [0.15, 0.2) is 53.4 Å². The lowest BCUT2D eigenvalue weighted by atomic mass is 10.2. The highest BCUT2D eigenvalue weighted by Crippen LogP contribution is 2.28. The summed E-state index contributed by atoms with van der Waals surface area (Å²) in [5.41, 5.74) is 1.52. The van der Waals surface area contributed by atoms with Crippen molar-refractivity contribution in [2.45, 2.75) is 4.90 Å². The summed E-state index contributed by atoms with van der Waals surface area (Å²) in [4.78, 5) is 3.92. The van der Waals surface area contributed by atoms with Gasteiger partial charge in [-0.25, -0.2) is 8.42 Å². The van der Waals surface area contributed by atoms with E-state index in [4.69, 9.17) is 11.6 Å². The normalized spacial score (nSPS) is 16.2. The molecule has 24 heavy (non-hydrogen) atoms. The molecular weight excluding hydrogens is 346 g/mol. The van der Waals surface area contributed by atoms with Crippen molar-refractivity contribution in [2.75, 3.05) is 42.8 Å². The second-order valence-electron chi connectivity index (χ2n) is 6.02. The predicted octanol–water partition coefficient (Wildman–Crippen LogP) is 1.48. The average Bonchev–Trinajstić information content (AvgIpc) is 2.56. The molecule has 0 amide bonds. The van der Waals surface area contributed by atoms with Crippen molar-refractivity contribution >= 4 is 33.0 Å². The zero-order valence-electron chi connectivity index (χ0n) is 13.5. The van der Waals surface area contributed by atoms with E-state index in [0.29, 0.717) is 10.7 Å². The fraction of sp³-hybridized carbons (Fsp3) is 0.294. The molecule has 0 atom stereocenters. The minimum atomic E-state index is -3.64. The molecule has 2 aromatic carbocycles. The van der Waals surface area contributed by atoms with Crippen molar-refractivity contribution in [2.24, 2.45) is 0 Å². The quantitative estimate of drug-likeness (QED) is 0.861. The Kier molecular flexibility index (Phi) is 4.99. The Bertz CT molecular complexity index is 801. The van der Waals surface area contributed by atoms with Crippen LogP contribution in [-0.2, 0) is 10.0 Å². The van der Waals surface area contributed by atoms with Crippen molar-refractivity contribution in [1.82, 2.24) is 0 Å². The number of benzene rings is 2. The van der Waals surface area contributed by atoms with Gasteiger partial charge >= 0.3 is 0 Å². The third kappa shape index (κ3) is 3.83. The van der Waals surface area contributed by atoms with Gasteiger partial charge in [-0.05, 0) is 36.4 Å². The van der Waals surface area contributed by atoms with E-state index in [2.05, 4.69) is 16.7 Å². The Morgan fingerprint density at radius 1 is 1.04 bits per heavy atom. The van der Waals surface area contributed by atoms with Crippen LogP contribution in [0.3, 0.4) is 0 Å². The standard InChI is InChI=1S/C17H20ClN3O2S/c1-20-10-12-21(13-11-20)17-5-3-2-4-16(17)19-24(22,23)15-8-6-14(18)7-9-15/h2-9,19H,10-13H2,1H3/p+1. The molecule has 0 saturated carbocycles. The van der Waals surface area contributed by atoms with E-state index < -0.39 is 10.0 Å². The summed E-state index contributed by atoms with van der Waals surface area (Å²) < 4.78 is 28.0. The van der Waals surface area contributed by atoms with E-state index in [-0.39, 0.29) is 4.90 Å². The van der Waals surface area contributed by atoms with E-state index in [9.17, 15) is 8.42 Å². The van der Waals surface area contributed by atoms with Gasteiger partial charge in [0.2, 0.25) is 0 Å². The van der Waals surface area contributed by atoms with Crippen molar-refractivity contribution < 1.29 is 13.3 Å². The fourth-order valence-corrected chi connectivity index (χ4v) is 3.98. The molecule has 1 aliphatic rings. The van der Waals surface area contributed by atoms with E-state index >= 15 is 0 Å². The lowest BCUT2D eigenvalue weighted by molar-refractivity contribution is -0.880. The number of likely N-dealkylation sites (N-methyl/N-ethyl adjacent to an activating group) is 1. The van der Waals surface area contributed by atoms with Gasteiger partial charge in [0.05, 0.1) is 49.5 Å². The van der Waals surface area contributed by atoms with Crippen LogP contribution in [0.1, 0.15) is 0 Å². The van der Waals surface area contributed by atoms with Crippen LogP contribution < -0.4 is 14.5 Å². The minimum absolute atomic E-state index is 0.199. The van der Waals surface area contributed by atoms with Crippen molar-refractivity contribution in [3.63, 3.8) is 0 Å². The topological polar surface area (TPSA) is 53.9 Å². The third-order valence-electron chi connectivity index (χ3n) is 4.23. The first-order valence-electron chi connectivity index (χ1n) is 7.89. The summed E-state index contributed by atoms with van der Waals surface area (Å²) in [5.74, 6) is 0. The van der Waals surface area contributed by atoms with E-state index in [1.807, 2.05) is 18.2 Å². The molecule has 0 aromatic heterocycles. The van der Waals surface area contributed by atoms with Crippen LogP contribution in [0.4, 0.5) is 11.4 Å². The summed E-state index contributed by atoms with van der Waals surface area (Å²) in [7, 11) is -1.47. The van der Waals surface area contributed by atoms with Gasteiger partial charge in [-0.1, -0.05) is 23.7 Å². The number of quaternary nitrogens is 1. The minimum Gasteiger partial charge on any atom is -0.359 e. The Hall–Kier alpha value is -1.76. The molecule has 128 valence electrons. The van der Waals surface area contributed by atoms with Crippen LogP contribution >= 0.6 is 11.6 Å². The molecule has 0 bridgehead atoms. The Morgan fingerprint density at radius 3 is 2.33 bits per heavy atom. The van der Waals surface area contributed by atoms with Gasteiger partial charge in [0.1, 0.15) is 0 Å². The monoisotopic (exact) mass is 366 g/mol. The zero-order valence-corrected chi connectivity index (χ0v) is 15.1. The summed E-state index contributed by atoms with van der Waals surface area (Å²) >= 11 is 5.84. The molecular formula is C17H21ClN3O2S+. The summed E-state index contributed by atoms with van der Waals surface area (Å²) in [6, 6.07) is 13.7. The van der Waals surface area contributed by atoms with Crippen LogP contribution in [0, 0.1) is 0 Å². The summed E-state index contributed by atoms with van der Waals surface area (Å²) in [6.07, 6.45) is 0. The highest BCUT2D eigenvalue weighted by molar-refractivity contribution is 7.92. The number of piperazine rings is 1. The zero-order chi connectivity index (χ0) is 17.2. The molecule has 0 spiro atoms. The molecule has 0 radical (unpaired) electrons. The number of para-hydroxylation sites is 2. The van der Waals surface area contributed by atoms with E-state index in [0.717, 1.165) is 31.9 Å². The summed E-state index contributed by atoms with van der Waals surface area (Å²) in [5, 5.41) is 0.509. The molecule has 5 nitrogen and oxygen atoms in total. The van der Waals surface area contributed by atoms with Crippen LogP contribution in [0.2, 0.25) is 5.02 Å². The molecule has 1 saturated heterocycles. The second kappa shape index (κ2) is 7.01. The first kappa shape index (κ1) is 17.1. The van der Waals surface area contributed by atoms with Gasteiger partial charge in [-0.3, -0.25) is 4.72 Å². The van der Waals surface area contributed by atoms with Gasteiger partial charge in [0.25, 0.3) is 10.0 Å². The number of hydrogen-bond acceptors (Lipinski definition) is 3. The van der Waals surface area contributed by atoms with Gasteiger partial charge in [0, 0.05) is 5.02 Å². The van der Waals surface area contributed by atoms with E-state index in [1.54, 1.807) is 18.2 Å². The third-order valence-corrected chi connectivity index (χ3v) is 5.86. The van der Waals surface area contributed by atoms with Gasteiger partial charge in [-0.2, -0.15) is 0 Å². The fourth-order valence-electron chi connectivity index (χ4n) is 2.78. The molecule has 2 aromatic rings. The predicted molar refractivity (Wildman–Crippen MR) is 97.5 cm³/mol. The molecule has 1 heterocycles. The number of nitrogens with one attached hydrogen (secondary N) is 2. The molecule has 2 N–H and O–H groups in total. The molecule has 1 aliphatic heterocycles. The van der Waals surface area contributed by atoms with Crippen molar-refractivity contribution in [3.8, 4) is 0 Å². The smallest absolute Gasteiger partial charge is 0.261 e. The van der Waals surface area contributed by atoms with Gasteiger partial charge in [-0.15, -0.1) is 0 Å². The molecule has 1 fully saturated rings. The van der Waals surface area contributed by atoms with Gasteiger partial charge < -0.3 is 9.80 Å². The van der Waals surface area contributed by atoms with Crippen LogP contribution in [0.5, 0.6) is 0 Å². The lowest BCUT2D eigenvalue weighted by Gasteiger charge is -2.33. The maximum atomic E-state index is 12.6. The maximum Gasteiger partial charge on any atom is 0.261 e. The Morgan fingerprint density at radius 2 is 1.67 bits per heavy atom. The molecule has 3 rings (SSSR count). The molecule has 0 aliphatic carbocycles. The Balaban J connectivity index is 1.86. The first-order valence-corrected chi connectivity index (χ1v) is 9.75. The molecule has 7 heteroatoms. The van der Waals surface area contributed by atoms with Crippen molar-refractivity contribution in [3.05, 3.63) is 53.6 Å². The summed E-state index contributed by atoms with van der Waals surface area (Å²) in [6.45, 7) is 3.90. The SMILES string of the molecule is C[NH+]1CCN(c2ccccc2NS(=O)(=O)c2ccc(Cl)cc2)CC1. The highest BCUT2D eigenvalue weighted by Gasteiger charge is 2.21. The maximum absolute atomic E-state index is 12.6. The molecule has 0 unspecified atom stereocenters. The van der Waals surface area contributed by atoms with Crippen LogP contribution in [-0.4, -0.2) is 41.6 Å². The Labute approximate surface area is 147 Å². The number of anilines is 2. The van der Waals surface area contributed by atoms with Crippen LogP contribution in [0.25, 0.3) is 0 Å². The number of hydrogen-bond donors (Lipinski definition) is 2. The average molecular weight is 367 g/mol. The highest BCUT2D eigenvalue weighted by atomic mass is 35.5. The lowest BCUT2D eigenvalue weighted by Crippen LogP contribution is -3.12. The number of nitrogens with zero attached hydrogens (tertiary/aromatic N) is 1.